The second-order valence-electron chi connectivity index (χ2n) is 4.74. The molecule has 0 atom stereocenters. The Morgan fingerprint density at radius 3 is 2.57 bits per heavy atom. The van der Waals surface area contributed by atoms with Gasteiger partial charge in [-0.25, -0.2) is 0 Å². The van der Waals surface area contributed by atoms with Crippen LogP contribution in [0.4, 0.5) is 0 Å². The van der Waals surface area contributed by atoms with Crippen LogP contribution in [-0.4, -0.2) is 12.5 Å². The summed E-state index contributed by atoms with van der Waals surface area (Å²) in [5.41, 5.74) is 7.94. The largest absolute Gasteiger partial charge is 0.490 e. The van der Waals surface area contributed by atoms with Crippen molar-refractivity contribution in [3.05, 3.63) is 59.2 Å². The Bertz CT molecular complexity index is 638. The highest BCUT2D eigenvalue weighted by atomic mass is 16.5. The molecule has 0 bridgehead atoms. The number of aryl methyl sites for hydroxylation is 1. The number of hydrogen-bond acceptors (Lipinski definition) is 3. The van der Waals surface area contributed by atoms with E-state index < -0.39 is 5.91 Å². The molecule has 0 aliphatic carbocycles. The molecule has 0 fully saturated rings. The lowest BCUT2D eigenvalue weighted by Crippen LogP contribution is -2.11. The smallest absolute Gasteiger partial charge is 0.248 e. The van der Waals surface area contributed by atoms with Gasteiger partial charge in [0, 0.05) is 5.56 Å². The SMILES string of the molecule is CCOc1cc(C(N)=O)ccc1OCc1cccc(C)c1. The maximum Gasteiger partial charge on any atom is 0.248 e. The number of nitrogens with two attached hydrogens (primary N) is 1. The molecule has 4 nitrogen and oxygen atoms in total. The molecule has 0 saturated heterocycles. The van der Waals surface area contributed by atoms with Gasteiger partial charge in [0.15, 0.2) is 11.5 Å². The lowest BCUT2D eigenvalue weighted by Gasteiger charge is -2.13. The topological polar surface area (TPSA) is 61.5 Å². The van der Waals surface area contributed by atoms with Crippen LogP contribution in [0.2, 0.25) is 0 Å². The van der Waals surface area contributed by atoms with Crippen LogP contribution < -0.4 is 15.2 Å². The first kappa shape index (κ1) is 14.9. The number of carbonyl (C=O) groups excluding carboxylic acids is 1. The fourth-order valence-electron chi connectivity index (χ4n) is 2.01. The third-order valence-electron chi connectivity index (χ3n) is 3.00. The van der Waals surface area contributed by atoms with E-state index in [-0.39, 0.29) is 0 Å². The van der Waals surface area contributed by atoms with Gasteiger partial charge in [-0.05, 0) is 37.6 Å². The summed E-state index contributed by atoms with van der Waals surface area (Å²) in [6.45, 7) is 4.85. The Hall–Kier alpha value is -2.49. The fourth-order valence-corrected chi connectivity index (χ4v) is 2.01. The van der Waals surface area contributed by atoms with E-state index in [1.54, 1.807) is 18.2 Å². The second-order valence-corrected chi connectivity index (χ2v) is 4.74. The molecule has 1 amide bonds. The molecule has 0 aliphatic heterocycles. The van der Waals surface area contributed by atoms with Crippen molar-refractivity contribution in [2.24, 2.45) is 5.73 Å². The van der Waals surface area contributed by atoms with E-state index in [1.807, 2.05) is 32.0 Å². The Kier molecular flexibility index (Phi) is 4.82. The van der Waals surface area contributed by atoms with E-state index in [0.717, 1.165) is 5.56 Å². The van der Waals surface area contributed by atoms with Crippen molar-refractivity contribution in [3.63, 3.8) is 0 Å². The molecule has 2 N–H and O–H groups in total. The molecule has 2 aromatic carbocycles. The number of primary amides is 1. The normalized spacial score (nSPS) is 10.2. The van der Waals surface area contributed by atoms with E-state index in [4.69, 9.17) is 15.2 Å². The van der Waals surface area contributed by atoms with Gasteiger partial charge in [0.1, 0.15) is 6.61 Å². The van der Waals surface area contributed by atoms with Gasteiger partial charge < -0.3 is 15.2 Å². The highest BCUT2D eigenvalue weighted by molar-refractivity contribution is 5.93. The van der Waals surface area contributed by atoms with Crippen molar-refractivity contribution in [1.82, 2.24) is 0 Å². The van der Waals surface area contributed by atoms with Crippen molar-refractivity contribution in [1.29, 1.82) is 0 Å². The minimum absolute atomic E-state index is 0.404. The molecular weight excluding hydrogens is 266 g/mol. The van der Waals surface area contributed by atoms with Crippen molar-refractivity contribution in [2.45, 2.75) is 20.5 Å². The van der Waals surface area contributed by atoms with Crippen LogP contribution in [0.25, 0.3) is 0 Å². The van der Waals surface area contributed by atoms with E-state index in [9.17, 15) is 4.79 Å². The quantitative estimate of drug-likeness (QED) is 0.887. The van der Waals surface area contributed by atoms with Gasteiger partial charge in [-0.3, -0.25) is 4.79 Å². The number of rotatable bonds is 6. The molecule has 0 radical (unpaired) electrons. The predicted octanol–water partition coefficient (Wildman–Crippen LogP) is 3.07. The fraction of sp³-hybridized carbons (Fsp3) is 0.235. The average molecular weight is 285 g/mol. The van der Waals surface area contributed by atoms with Crippen LogP contribution >= 0.6 is 0 Å². The summed E-state index contributed by atoms with van der Waals surface area (Å²) in [6.07, 6.45) is 0. The zero-order valence-electron chi connectivity index (χ0n) is 12.3. The molecule has 4 heteroatoms. The van der Waals surface area contributed by atoms with Gasteiger partial charge in [0.2, 0.25) is 5.91 Å². The van der Waals surface area contributed by atoms with Crippen molar-refractivity contribution >= 4 is 5.91 Å². The first-order valence-corrected chi connectivity index (χ1v) is 6.85. The molecule has 0 saturated carbocycles. The molecule has 21 heavy (non-hydrogen) atoms. The molecular formula is C17H19NO3. The summed E-state index contributed by atoms with van der Waals surface area (Å²) >= 11 is 0. The van der Waals surface area contributed by atoms with Gasteiger partial charge in [-0.1, -0.05) is 29.8 Å². The lowest BCUT2D eigenvalue weighted by molar-refractivity contribution is 0.0999. The Morgan fingerprint density at radius 1 is 1.10 bits per heavy atom. The zero-order chi connectivity index (χ0) is 15.2. The van der Waals surface area contributed by atoms with Crippen LogP contribution in [0.5, 0.6) is 11.5 Å². The van der Waals surface area contributed by atoms with Crippen LogP contribution in [0, 0.1) is 6.92 Å². The lowest BCUT2D eigenvalue weighted by atomic mass is 10.1. The summed E-state index contributed by atoms with van der Waals surface area (Å²) in [4.78, 5) is 11.2. The summed E-state index contributed by atoms with van der Waals surface area (Å²) < 4.78 is 11.3. The first-order chi connectivity index (χ1) is 10.1. The van der Waals surface area contributed by atoms with Crippen LogP contribution in [0.1, 0.15) is 28.4 Å². The van der Waals surface area contributed by atoms with Crippen LogP contribution in [-0.2, 0) is 6.61 Å². The van der Waals surface area contributed by atoms with Crippen molar-refractivity contribution < 1.29 is 14.3 Å². The molecule has 0 heterocycles. The molecule has 2 aromatic rings. The summed E-state index contributed by atoms with van der Waals surface area (Å²) in [5, 5.41) is 0. The first-order valence-electron chi connectivity index (χ1n) is 6.85. The van der Waals surface area contributed by atoms with Gasteiger partial charge in [-0.15, -0.1) is 0 Å². The molecule has 0 aliphatic rings. The van der Waals surface area contributed by atoms with Crippen molar-refractivity contribution in [2.75, 3.05) is 6.61 Å². The number of benzene rings is 2. The van der Waals surface area contributed by atoms with Crippen molar-refractivity contribution in [3.8, 4) is 11.5 Å². The van der Waals surface area contributed by atoms with E-state index in [2.05, 4.69) is 6.07 Å². The molecule has 0 unspecified atom stereocenters. The molecule has 0 aromatic heterocycles. The van der Waals surface area contributed by atoms with Crippen LogP contribution in [0.3, 0.4) is 0 Å². The average Bonchev–Trinajstić information content (AvgIpc) is 2.46. The predicted molar refractivity (Wildman–Crippen MR) is 81.6 cm³/mol. The van der Waals surface area contributed by atoms with Gasteiger partial charge >= 0.3 is 0 Å². The Labute approximate surface area is 124 Å². The number of carbonyl (C=O) groups is 1. The Morgan fingerprint density at radius 2 is 1.90 bits per heavy atom. The second kappa shape index (κ2) is 6.79. The highest BCUT2D eigenvalue weighted by Crippen LogP contribution is 2.29. The Balaban J connectivity index is 2.16. The summed E-state index contributed by atoms with van der Waals surface area (Å²) in [7, 11) is 0. The molecule has 0 spiro atoms. The minimum atomic E-state index is -0.485. The maximum atomic E-state index is 11.2. The van der Waals surface area contributed by atoms with E-state index >= 15 is 0 Å². The monoisotopic (exact) mass is 285 g/mol. The van der Waals surface area contributed by atoms with E-state index in [1.165, 1.54) is 5.56 Å². The highest BCUT2D eigenvalue weighted by Gasteiger charge is 2.09. The summed E-state index contributed by atoms with van der Waals surface area (Å²) in [6, 6.07) is 13.1. The molecule has 110 valence electrons. The number of hydrogen-bond donors (Lipinski definition) is 1. The van der Waals surface area contributed by atoms with Crippen LogP contribution in [0.15, 0.2) is 42.5 Å². The van der Waals surface area contributed by atoms with Gasteiger partial charge in [0.05, 0.1) is 6.61 Å². The summed E-state index contributed by atoms with van der Waals surface area (Å²) in [5.74, 6) is 0.644. The zero-order valence-corrected chi connectivity index (χ0v) is 12.3. The molecule has 2 rings (SSSR count). The van der Waals surface area contributed by atoms with E-state index in [0.29, 0.717) is 30.3 Å². The third kappa shape index (κ3) is 3.99. The standard InChI is InChI=1S/C17H19NO3/c1-3-20-16-10-14(17(18)19)7-8-15(16)21-11-13-6-4-5-12(2)9-13/h4-10H,3,11H2,1-2H3,(H2,18,19). The third-order valence-corrected chi connectivity index (χ3v) is 3.00. The van der Waals surface area contributed by atoms with Gasteiger partial charge in [0.25, 0.3) is 0 Å². The van der Waals surface area contributed by atoms with Gasteiger partial charge in [-0.2, -0.15) is 0 Å². The minimum Gasteiger partial charge on any atom is -0.490 e. The number of amides is 1. The number of ether oxygens (including phenoxy) is 2. The maximum absolute atomic E-state index is 11.2.